The first-order chi connectivity index (χ1) is 10.1. The molecule has 0 fully saturated rings. The number of nitrogen functional groups attached to an aromatic ring is 1. The molecular formula is C17H21N3O. The molecule has 4 N–H and O–H groups in total. The molecule has 0 unspecified atom stereocenters. The van der Waals surface area contributed by atoms with Crippen LogP contribution in [0.4, 0.5) is 5.69 Å². The Kier molecular flexibility index (Phi) is 4.95. The predicted molar refractivity (Wildman–Crippen MR) is 85.6 cm³/mol. The van der Waals surface area contributed by atoms with Crippen LogP contribution in [0.25, 0.3) is 0 Å². The summed E-state index contributed by atoms with van der Waals surface area (Å²) in [7, 11) is 0. The first-order valence-electron chi connectivity index (χ1n) is 7.04. The number of amides is 1. The second-order valence-corrected chi connectivity index (χ2v) is 5.11. The van der Waals surface area contributed by atoms with Gasteiger partial charge in [-0.05, 0) is 41.9 Å². The maximum atomic E-state index is 11.2. The van der Waals surface area contributed by atoms with E-state index in [4.69, 9.17) is 11.5 Å². The number of carbonyl (C=O) groups is 1. The largest absolute Gasteiger partial charge is 0.399 e. The van der Waals surface area contributed by atoms with Gasteiger partial charge >= 0.3 is 0 Å². The minimum absolute atomic E-state index is 0.390. The van der Waals surface area contributed by atoms with Crippen molar-refractivity contribution in [2.24, 2.45) is 5.73 Å². The molecule has 2 aromatic rings. The van der Waals surface area contributed by atoms with Crippen LogP contribution in [0.5, 0.6) is 0 Å². The van der Waals surface area contributed by atoms with Crippen LogP contribution in [0.1, 0.15) is 28.4 Å². The lowest BCUT2D eigenvalue weighted by Crippen LogP contribution is -2.22. The summed E-state index contributed by atoms with van der Waals surface area (Å²) in [6.45, 7) is 4.67. The number of nitrogens with zero attached hydrogens (tertiary/aromatic N) is 1. The van der Waals surface area contributed by atoms with Gasteiger partial charge in [0.05, 0.1) is 0 Å². The summed E-state index contributed by atoms with van der Waals surface area (Å²) in [6.07, 6.45) is 0. The van der Waals surface area contributed by atoms with Gasteiger partial charge in [-0.25, -0.2) is 0 Å². The Morgan fingerprint density at radius 1 is 1.05 bits per heavy atom. The zero-order valence-corrected chi connectivity index (χ0v) is 12.3. The van der Waals surface area contributed by atoms with Gasteiger partial charge in [-0.3, -0.25) is 9.69 Å². The Balaban J connectivity index is 2.06. The first-order valence-corrected chi connectivity index (χ1v) is 7.04. The zero-order chi connectivity index (χ0) is 15.2. The van der Waals surface area contributed by atoms with Crippen LogP contribution >= 0.6 is 0 Å². The van der Waals surface area contributed by atoms with Crippen molar-refractivity contribution in [3.05, 3.63) is 65.2 Å². The SMILES string of the molecule is CCN(Cc1ccc(N)cc1)Cc1cccc(C(N)=O)c1. The van der Waals surface area contributed by atoms with Gasteiger partial charge < -0.3 is 11.5 Å². The Morgan fingerprint density at radius 2 is 1.71 bits per heavy atom. The molecular weight excluding hydrogens is 262 g/mol. The fourth-order valence-corrected chi connectivity index (χ4v) is 2.24. The minimum atomic E-state index is -0.390. The average molecular weight is 283 g/mol. The summed E-state index contributed by atoms with van der Waals surface area (Å²) in [5, 5.41) is 0. The normalized spacial score (nSPS) is 10.8. The Morgan fingerprint density at radius 3 is 2.33 bits per heavy atom. The fourth-order valence-electron chi connectivity index (χ4n) is 2.24. The molecule has 4 nitrogen and oxygen atoms in total. The number of anilines is 1. The standard InChI is InChI=1S/C17H21N3O/c1-2-20(11-13-6-8-16(18)9-7-13)12-14-4-3-5-15(10-14)17(19)21/h3-10H,2,11-12,18H2,1H3,(H2,19,21). The Hall–Kier alpha value is -2.33. The van der Waals surface area contributed by atoms with E-state index in [-0.39, 0.29) is 0 Å². The first kappa shape index (κ1) is 15.1. The summed E-state index contributed by atoms with van der Waals surface area (Å²) < 4.78 is 0. The molecule has 4 heteroatoms. The molecule has 0 saturated carbocycles. The van der Waals surface area contributed by atoms with E-state index in [1.54, 1.807) is 6.07 Å². The van der Waals surface area contributed by atoms with Gasteiger partial charge in [0.15, 0.2) is 0 Å². The van der Waals surface area contributed by atoms with E-state index >= 15 is 0 Å². The Labute approximate surface area is 125 Å². The van der Waals surface area contributed by atoms with Crippen molar-refractivity contribution in [1.82, 2.24) is 4.90 Å². The molecule has 21 heavy (non-hydrogen) atoms. The predicted octanol–water partition coefficient (Wildman–Crippen LogP) is 2.39. The van der Waals surface area contributed by atoms with Crippen LogP contribution in [0.15, 0.2) is 48.5 Å². The second kappa shape index (κ2) is 6.90. The third kappa shape index (κ3) is 4.33. The number of hydrogen-bond acceptors (Lipinski definition) is 3. The second-order valence-electron chi connectivity index (χ2n) is 5.11. The molecule has 2 aromatic carbocycles. The number of rotatable bonds is 6. The highest BCUT2D eigenvalue weighted by atomic mass is 16.1. The van der Waals surface area contributed by atoms with Crippen molar-refractivity contribution in [3.63, 3.8) is 0 Å². The molecule has 0 aliphatic heterocycles. The van der Waals surface area contributed by atoms with Crippen LogP contribution < -0.4 is 11.5 Å². The molecule has 0 bridgehead atoms. The van der Waals surface area contributed by atoms with E-state index in [1.807, 2.05) is 42.5 Å². The van der Waals surface area contributed by atoms with Crippen LogP contribution in [0.3, 0.4) is 0 Å². The summed E-state index contributed by atoms with van der Waals surface area (Å²) in [6, 6.07) is 15.4. The number of benzene rings is 2. The van der Waals surface area contributed by atoms with Crippen molar-refractivity contribution in [2.75, 3.05) is 12.3 Å². The summed E-state index contributed by atoms with van der Waals surface area (Å²) in [4.78, 5) is 13.5. The maximum absolute atomic E-state index is 11.2. The van der Waals surface area contributed by atoms with Gasteiger partial charge in [-0.15, -0.1) is 0 Å². The topological polar surface area (TPSA) is 72.3 Å². The highest BCUT2D eigenvalue weighted by Crippen LogP contribution is 2.13. The average Bonchev–Trinajstić information content (AvgIpc) is 2.49. The lowest BCUT2D eigenvalue weighted by Gasteiger charge is -2.21. The Bertz CT molecular complexity index is 608. The molecule has 0 atom stereocenters. The summed E-state index contributed by atoms with van der Waals surface area (Å²) in [5.74, 6) is -0.390. The van der Waals surface area contributed by atoms with Gasteiger partial charge in [0.25, 0.3) is 0 Å². The molecule has 0 spiro atoms. The van der Waals surface area contributed by atoms with Gasteiger partial charge in [-0.2, -0.15) is 0 Å². The number of carbonyl (C=O) groups excluding carboxylic acids is 1. The van der Waals surface area contributed by atoms with Crippen LogP contribution in [0.2, 0.25) is 0 Å². The van der Waals surface area contributed by atoms with E-state index < -0.39 is 5.91 Å². The molecule has 110 valence electrons. The van der Waals surface area contributed by atoms with E-state index in [1.165, 1.54) is 5.56 Å². The molecule has 0 radical (unpaired) electrons. The number of nitrogens with two attached hydrogens (primary N) is 2. The minimum Gasteiger partial charge on any atom is -0.399 e. The lowest BCUT2D eigenvalue weighted by atomic mass is 10.1. The highest BCUT2D eigenvalue weighted by molar-refractivity contribution is 5.92. The van der Waals surface area contributed by atoms with Crippen LogP contribution in [-0.2, 0) is 13.1 Å². The summed E-state index contributed by atoms with van der Waals surface area (Å²) in [5.41, 5.74) is 14.7. The lowest BCUT2D eigenvalue weighted by molar-refractivity contribution is 0.1000. The molecule has 0 aromatic heterocycles. The summed E-state index contributed by atoms with van der Waals surface area (Å²) >= 11 is 0. The van der Waals surface area contributed by atoms with Crippen molar-refractivity contribution >= 4 is 11.6 Å². The van der Waals surface area contributed by atoms with Crippen molar-refractivity contribution in [2.45, 2.75) is 20.0 Å². The molecule has 0 saturated heterocycles. The van der Waals surface area contributed by atoms with E-state index in [0.29, 0.717) is 5.56 Å². The van der Waals surface area contributed by atoms with E-state index in [9.17, 15) is 4.79 Å². The van der Waals surface area contributed by atoms with Crippen LogP contribution in [-0.4, -0.2) is 17.4 Å². The number of hydrogen-bond donors (Lipinski definition) is 2. The fraction of sp³-hybridized carbons (Fsp3) is 0.235. The van der Waals surface area contributed by atoms with Gasteiger partial charge in [0.2, 0.25) is 5.91 Å². The smallest absolute Gasteiger partial charge is 0.248 e. The molecule has 2 rings (SSSR count). The molecule has 0 aliphatic carbocycles. The zero-order valence-electron chi connectivity index (χ0n) is 12.3. The van der Waals surface area contributed by atoms with Crippen molar-refractivity contribution < 1.29 is 4.79 Å². The molecule has 0 aliphatic rings. The van der Waals surface area contributed by atoms with Crippen molar-refractivity contribution in [1.29, 1.82) is 0 Å². The highest BCUT2D eigenvalue weighted by Gasteiger charge is 2.07. The molecule has 0 heterocycles. The third-order valence-electron chi connectivity index (χ3n) is 3.45. The van der Waals surface area contributed by atoms with Gasteiger partial charge in [0.1, 0.15) is 0 Å². The van der Waals surface area contributed by atoms with E-state index in [2.05, 4.69) is 11.8 Å². The quantitative estimate of drug-likeness (QED) is 0.800. The monoisotopic (exact) mass is 283 g/mol. The van der Waals surface area contributed by atoms with E-state index in [0.717, 1.165) is 30.9 Å². The van der Waals surface area contributed by atoms with Crippen molar-refractivity contribution in [3.8, 4) is 0 Å². The maximum Gasteiger partial charge on any atom is 0.248 e. The van der Waals surface area contributed by atoms with Gasteiger partial charge in [-0.1, -0.05) is 31.2 Å². The van der Waals surface area contributed by atoms with Crippen LogP contribution in [0, 0.1) is 0 Å². The molecule has 1 amide bonds. The van der Waals surface area contributed by atoms with Gasteiger partial charge in [0, 0.05) is 24.3 Å². The number of primary amides is 1. The third-order valence-corrected chi connectivity index (χ3v) is 3.45.